The molecule has 0 aliphatic rings. The molecule has 8 heteroatoms. The molecule has 0 spiro atoms. The fourth-order valence-corrected chi connectivity index (χ4v) is 1.50. The van der Waals surface area contributed by atoms with Crippen molar-refractivity contribution in [2.75, 3.05) is 6.54 Å². The van der Waals surface area contributed by atoms with Crippen LogP contribution in [0.25, 0.3) is 0 Å². The molecule has 1 rings (SSSR count). The smallest absolute Gasteiger partial charge is 0.316 e. The molecule has 1 aromatic heterocycles. The van der Waals surface area contributed by atoms with Crippen LogP contribution in [0.4, 0.5) is 9.80 Å². The predicted molar refractivity (Wildman–Crippen MR) is 63.2 cm³/mol. The van der Waals surface area contributed by atoms with Crippen LogP contribution < -0.4 is 5.32 Å². The van der Waals surface area contributed by atoms with Crippen molar-refractivity contribution in [3.8, 4) is 0 Å². The zero-order chi connectivity index (χ0) is 12.7. The van der Waals surface area contributed by atoms with Crippen LogP contribution in [0.1, 0.15) is 5.56 Å². The highest BCUT2D eigenvalue weighted by Gasteiger charge is 2.08. The summed E-state index contributed by atoms with van der Waals surface area (Å²) in [6, 6.07) is 1.33. The van der Waals surface area contributed by atoms with E-state index in [0.717, 1.165) is 11.3 Å². The zero-order valence-corrected chi connectivity index (χ0v) is 9.48. The van der Waals surface area contributed by atoms with E-state index in [1.54, 1.807) is 0 Å². The van der Waals surface area contributed by atoms with Gasteiger partial charge in [-0.3, -0.25) is 15.0 Å². The number of carbonyl (C=O) groups is 1. The maximum absolute atomic E-state index is 10.9. The van der Waals surface area contributed by atoms with E-state index in [4.69, 9.17) is 0 Å². The molecule has 0 atom stereocenters. The summed E-state index contributed by atoms with van der Waals surface area (Å²) in [5.74, 6) is 0. The second-order valence-electron chi connectivity index (χ2n) is 2.76. The van der Waals surface area contributed by atoms with Gasteiger partial charge in [0.25, 0.3) is 0 Å². The van der Waals surface area contributed by atoms with Gasteiger partial charge in [0, 0.05) is 23.6 Å². The lowest BCUT2D eigenvalue weighted by Crippen LogP contribution is -2.22. The van der Waals surface area contributed by atoms with Gasteiger partial charge in [0.05, 0.1) is 11.1 Å². The Balaban J connectivity index is 2.44. The van der Waals surface area contributed by atoms with Crippen LogP contribution in [0.5, 0.6) is 0 Å². The third kappa shape index (κ3) is 4.43. The van der Waals surface area contributed by atoms with E-state index >= 15 is 0 Å². The molecule has 0 aromatic carbocycles. The van der Waals surface area contributed by atoms with Gasteiger partial charge < -0.3 is 5.32 Å². The molecular weight excluding hydrogens is 246 g/mol. The van der Waals surface area contributed by atoms with Crippen molar-refractivity contribution in [1.29, 1.82) is 0 Å². The molecule has 7 nitrogen and oxygen atoms in total. The van der Waals surface area contributed by atoms with Crippen LogP contribution in [0.2, 0.25) is 0 Å². The Kier molecular flexibility index (Phi) is 4.82. The number of nitro groups is 1. The second-order valence-corrected chi connectivity index (χ2v) is 3.65. The summed E-state index contributed by atoms with van der Waals surface area (Å²) in [6.45, 7) is 3.68. The number of hydrogen-bond acceptors (Lipinski definition) is 6. The number of rotatable bonds is 5. The van der Waals surface area contributed by atoms with Gasteiger partial charge in [-0.25, -0.2) is 4.79 Å². The van der Waals surface area contributed by atoms with E-state index < -0.39 is 11.0 Å². The van der Waals surface area contributed by atoms with Gasteiger partial charge in [-0.15, -0.1) is 6.58 Å². The van der Waals surface area contributed by atoms with Crippen LogP contribution >= 0.6 is 11.3 Å². The first-order valence-electron chi connectivity index (χ1n) is 4.45. The number of oxime groups is 1. The van der Waals surface area contributed by atoms with Gasteiger partial charge in [0.2, 0.25) is 0 Å². The maximum atomic E-state index is 10.9. The molecule has 0 aliphatic carbocycles. The Morgan fingerprint density at radius 1 is 1.76 bits per heavy atom. The molecule has 0 aliphatic heterocycles. The van der Waals surface area contributed by atoms with Gasteiger partial charge in [-0.1, -0.05) is 22.6 Å². The number of hydrogen-bond donors (Lipinski definition) is 1. The van der Waals surface area contributed by atoms with E-state index in [-0.39, 0.29) is 11.5 Å². The van der Waals surface area contributed by atoms with Gasteiger partial charge in [0.15, 0.2) is 0 Å². The van der Waals surface area contributed by atoms with Crippen molar-refractivity contribution >= 4 is 28.6 Å². The third-order valence-corrected chi connectivity index (χ3v) is 2.41. The van der Waals surface area contributed by atoms with Crippen LogP contribution in [0, 0.1) is 10.1 Å². The first-order valence-corrected chi connectivity index (χ1v) is 5.33. The lowest BCUT2D eigenvalue weighted by atomic mass is 10.4. The first-order chi connectivity index (χ1) is 8.13. The summed E-state index contributed by atoms with van der Waals surface area (Å²) < 4.78 is 0. The number of nitrogens with zero attached hydrogens (tertiary/aromatic N) is 2. The SMILES string of the molecule is C=CCNC(=O)O/N=C/c1csc([N+](=O)[O-])c1. The monoisotopic (exact) mass is 255 g/mol. The molecule has 0 saturated heterocycles. The molecule has 1 amide bonds. The largest absolute Gasteiger partial charge is 0.433 e. The fraction of sp³-hybridized carbons (Fsp3) is 0.111. The molecule has 1 aromatic rings. The van der Waals surface area contributed by atoms with Crippen molar-refractivity contribution in [2.24, 2.45) is 5.16 Å². The predicted octanol–water partition coefficient (Wildman–Crippen LogP) is 1.90. The molecule has 1 heterocycles. The maximum Gasteiger partial charge on any atom is 0.433 e. The summed E-state index contributed by atoms with van der Waals surface area (Å²) in [6.07, 6.45) is 2.00. The van der Waals surface area contributed by atoms with Crippen LogP contribution in [-0.2, 0) is 4.84 Å². The molecule has 1 N–H and O–H groups in total. The van der Waals surface area contributed by atoms with E-state index in [1.807, 2.05) is 0 Å². The molecule has 0 radical (unpaired) electrons. The number of thiophene rings is 1. The van der Waals surface area contributed by atoms with Gasteiger partial charge in [-0.2, -0.15) is 0 Å². The van der Waals surface area contributed by atoms with Crippen molar-refractivity contribution in [3.63, 3.8) is 0 Å². The van der Waals surface area contributed by atoms with Gasteiger partial charge in [-0.05, 0) is 0 Å². The quantitative estimate of drug-likeness (QED) is 0.286. The van der Waals surface area contributed by atoms with E-state index in [1.165, 1.54) is 23.7 Å². The average molecular weight is 255 g/mol. The Hall–Kier alpha value is -2.22. The normalized spacial score (nSPS) is 10.1. The average Bonchev–Trinajstić information content (AvgIpc) is 2.75. The summed E-state index contributed by atoms with van der Waals surface area (Å²) >= 11 is 0.971. The van der Waals surface area contributed by atoms with Crippen molar-refractivity contribution < 1.29 is 14.6 Å². The van der Waals surface area contributed by atoms with E-state index in [2.05, 4.69) is 21.9 Å². The minimum Gasteiger partial charge on any atom is -0.316 e. The van der Waals surface area contributed by atoms with E-state index in [9.17, 15) is 14.9 Å². The minimum absolute atomic E-state index is 0.00237. The van der Waals surface area contributed by atoms with Gasteiger partial charge >= 0.3 is 11.1 Å². The highest BCUT2D eigenvalue weighted by atomic mass is 32.1. The summed E-state index contributed by atoms with van der Waals surface area (Å²) in [5.41, 5.74) is 0.498. The van der Waals surface area contributed by atoms with Crippen LogP contribution in [0.15, 0.2) is 29.3 Å². The Morgan fingerprint density at radius 2 is 2.53 bits per heavy atom. The topological polar surface area (TPSA) is 93.8 Å². The summed E-state index contributed by atoms with van der Waals surface area (Å²) in [5, 5.41) is 17.6. The van der Waals surface area contributed by atoms with Crippen LogP contribution in [0.3, 0.4) is 0 Å². The lowest BCUT2D eigenvalue weighted by molar-refractivity contribution is -0.380. The molecule has 90 valence electrons. The number of nitrogens with one attached hydrogen (secondary N) is 1. The Labute approximate surface area is 101 Å². The minimum atomic E-state index is -0.717. The fourth-order valence-electron chi connectivity index (χ4n) is 0.825. The molecule has 0 bridgehead atoms. The highest BCUT2D eigenvalue weighted by Crippen LogP contribution is 2.21. The van der Waals surface area contributed by atoms with Gasteiger partial charge in [0.1, 0.15) is 0 Å². The summed E-state index contributed by atoms with van der Waals surface area (Å²) in [7, 11) is 0. The molecular formula is C9H9N3O4S. The molecule has 0 unspecified atom stereocenters. The zero-order valence-electron chi connectivity index (χ0n) is 8.66. The number of amides is 1. The molecule has 0 saturated carbocycles. The lowest BCUT2D eigenvalue weighted by Gasteiger charge is -1.96. The number of carbonyl (C=O) groups excluding carboxylic acids is 1. The third-order valence-electron chi connectivity index (χ3n) is 1.51. The second kappa shape index (κ2) is 6.38. The molecule has 0 fully saturated rings. The first kappa shape index (κ1) is 12.8. The standard InChI is InChI=1S/C9H9N3O4S/c1-2-3-10-9(13)16-11-5-7-4-8(12(14)15)17-6-7/h2,4-6H,1,3H2,(H,10,13)/b11-5+. The Bertz CT molecular complexity index is 455. The van der Waals surface area contributed by atoms with Crippen molar-refractivity contribution in [3.05, 3.63) is 39.8 Å². The van der Waals surface area contributed by atoms with Crippen molar-refractivity contribution in [2.45, 2.75) is 0 Å². The van der Waals surface area contributed by atoms with E-state index in [0.29, 0.717) is 5.56 Å². The molecule has 17 heavy (non-hydrogen) atoms. The summed E-state index contributed by atoms with van der Waals surface area (Å²) in [4.78, 5) is 25.2. The van der Waals surface area contributed by atoms with Crippen LogP contribution in [-0.4, -0.2) is 23.8 Å². The highest BCUT2D eigenvalue weighted by molar-refractivity contribution is 7.13. The Morgan fingerprint density at radius 3 is 3.12 bits per heavy atom. The van der Waals surface area contributed by atoms with Crippen molar-refractivity contribution in [1.82, 2.24) is 5.32 Å².